The van der Waals surface area contributed by atoms with Crippen LogP contribution in [0.25, 0.3) is 0 Å². The van der Waals surface area contributed by atoms with Gasteiger partial charge in [-0.1, -0.05) is 13.0 Å². The number of hydrogen-bond acceptors (Lipinski definition) is 9. The zero-order valence-corrected chi connectivity index (χ0v) is 29.1. The Balaban J connectivity index is 1.43. The van der Waals surface area contributed by atoms with E-state index in [-0.39, 0.29) is 35.7 Å². The molecule has 0 saturated heterocycles. The lowest BCUT2D eigenvalue weighted by Crippen LogP contribution is -2.70. The summed E-state index contributed by atoms with van der Waals surface area (Å²) in [7, 11) is 0. The number of aliphatic hydroxyl groups is 1. The molecular formula is C35H40F4N2O8S. The molecule has 2 amide bonds. The number of ketones is 1. The van der Waals surface area contributed by atoms with Crippen molar-refractivity contribution in [3.63, 3.8) is 0 Å². The number of alkyl carbamates (subject to hydrolysis) is 1. The Labute approximate surface area is 290 Å². The molecule has 15 heteroatoms. The van der Waals surface area contributed by atoms with Crippen molar-refractivity contribution in [2.45, 2.75) is 89.4 Å². The SMILES string of the molecule is CC(C)(C)OC(=O)NCC(=O)Nc1cc(C(=O)O[C@]2(C(=O)SCF)CC[C@H]3[C@@H]4C[C@H](F)C5=CC(=O)C=C[C@]5(C)[C@@]4(F)[C@@H](O)C[C@@]32C)ccc1F. The summed E-state index contributed by atoms with van der Waals surface area (Å²) in [5.41, 5.74) is -9.41. The number of carbonyl (C=O) groups is 5. The molecule has 272 valence electrons. The van der Waals surface area contributed by atoms with Gasteiger partial charge in [0.25, 0.3) is 0 Å². The summed E-state index contributed by atoms with van der Waals surface area (Å²) in [5, 5.41) is 15.2. The van der Waals surface area contributed by atoms with Crippen LogP contribution in [0.3, 0.4) is 0 Å². The van der Waals surface area contributed by atoms with Crippen LogP contribution in [-0.2, 0) is 23.9 Å². The number of amides is 2. The van der Waals surface area contributed by atoms with Gasteiger partial charge in [-0.25, -0.2) is 27.2 Å². The molecule has 3 N–H and O–H groups in total. The quantitative estimate of drug-likeness (QED) is 0.238. The highest BCUT2D eigenvalue weighted by atomic mass is 32.2. The summed E-state index contributed by atoms with van der Waals surface area (Å²) in [6.45, 7) is 7.24. The number of nitrogens with one attached hydrogen (secondary N) is 2. The lowest BCUT2D eigenvalue weighted by molar-refractivity contribution is -0.219. The number of carbonyl (C=O) groups excluding carboxylic acids is 5. The molecule has 3 fully saturated rings. The van der Waals surface area contributed by atoms with E-state index in [1.54, 1.807) is 20.8 Å². The van der Waals surface area contributed by atoms with E-state index in [0.717, 1.165) is 30.4 Å². The smallest absolute Gasteiger partial charge is 0.408 e. The first kappa shape index (κ1) is 37.5. The van der Waals surface area contributed by atoms with Crippen molar-refractivity contribution >= 4 is 46.3 Å². The lowest BCUT2D eigenvalue weighted by atomic mass is 9.44. The molecule has 0 unspecified atom stereocenters. The Morgan fingerprint density at radius 1 is 1.14 bits per heavy atom. The number of allylic oxidation sites excluding steroid dienone is 4. The third-order valence-corrected chi connectivity index (χ3v) is 11.5. The lowest BCUT2D eigenvalue weighted by Gasteiger charge is -2.63. The van der Waals surface area contributed by atoms with Crippen LogP contribution in [0.1, 0.15) is 70.7 Å². The molecule has 4 aliphatic carbocycles. The van der Waals surface area contributed by atoms with Gasteiger partial charge in [-0.2, -0.15) is 0 Å². The number of ether oxygens (including phenoxy) is 2. The van der Waals surface area contributed by atoms with E-state index in [1.165, 1.54) is 19.9 Å². The monoisotopic (exact) mass is 724 g/mol. The minimum atomic E-state index is -2.46. The number of rotatable bonds is 7. The molecule has 0 heterocycles. The van der Waals surface area contributed by atoms with E-state index in [4.69, 9.17) is 9.47 Å². The second kappa shape index (κ2) is 13.1. The van der Waals surface area contributed by atoms with Crippen molar-refractivity contribution in [2.75, 3.05) is 17.9 Å². The highest BCUT2D eigenvalue weighted by Gasteiger charge is 2.76. The molecule has 0 radical (unpaired) electrons. The first-order valence-corrected chi connectivity index (χ1v) is 17.2. The van der Waals surface area contributed by atoms with Crippen LogP contribution < -0.4 is 10.6 Å². The molecule has 3 saturated carbocycles. The molecule has 1 aromatic rings. The highest BCUT2D eigenvalue weighted by molar-refractivity contribution is 8.13. The standard InChI is InChI=1S/C35H40F4N2O8S/c1-31(2,3)49-30(47)40-16-27(44)41-25-12-18(6-7-23(25)37)28(45)48-34(29(46)50-17-36)11-9-20-21-14-24(38)22-13-19(42)8-10-32(22,4)35(21,39)26(43)15-33(20,34)5/h6-8,10,12-13,20-21,24,26,43H,9,11,14-17H2,1-5H3,(H,40,47)(H,41,44)/t20-,21-,24-,26-,32-,33-,34-,35-/m0/s1. The summed E-state index contributed by atoms with van der Waals surface area (Å²) < 4.78 is 72.8. The summed E-state index contributed by atoms with van der Waals surface area (Å²) in [5.74, 6) is -5.45. The fraction of sp³-hybridized carbons (Fsp3) is 0.571. The van der Waals surface area contributed by atoms with Gasteiger partial charge in [-0.15, -0.1) is 0 Å². The normalized spacial score (nSPS) is 34.4. The number of benzene rings is 1. The average molecular weight is 725 g/mol. The summed E-state index contributed by atoms with van der Waals surface area (Å²) in [4.78, 5) is 64.0. The molecule has 1 aromatic carbocycles. The van der Waals surface area contributed by atoms with E-state index >= 15 is 8.78 Å². The Kier molecular flexibility index (Phi) is 9.84. The maximum Gasteiger partial charge on any atom is 0.408 e. The molecular weight excluding hydrogens is 684 g/mol. The van der Waals surface area contributed by atoms with Crippen LogP contribution in [0, 0.1) is 28.5 Å². The number of halogens is 4. The van der Waals surface area contributed by atoms with Gasteiger partial charge in [-0.3, -0.25) is 14.4 Å². The predicted molar refractivity (Wildman–Crippen MR) is 175 cm³/mol. The van der Waals surface area contributed by atoms with Gasteiger partial charge >= 0.3 is 12.1 Å². The van der Waals surface area contributed by atoms with Crippen molar-refractivity contribution < 1.29 is 56.1 Å². The van der Waals surface area contributed by atoms with Gasteiger partial charge in [0.1, 0.15) is 30.1 Å². The summed E-state index contributed by atoms with van der Waals surface area (Å²) in [6.07, 6.45) is -1.93. The van der Waals surface area contributed by atoms with Gasteiger partial charge in [0, 0.05) is 16.7 Å². The summed E-state index contributed by atoms with van der Waals surface area (Å²) in [6, 6.07) is 1.70. The van der Waals surface area contributed by atoms with Crippen LogP contribution in [0.15, 0.2) is 42.0 Å². The third-order valence-electron chi connectivity index (χ3n) is 10.8. The molecule has 4 aliphatic rings. The van der Waals surface area contributed by atoms with E-state index < -0.39 is 118 Å². The predicted octanol–water partition coefficient (Wildman–Crippen LogP) is 5.69. The fourth-order valence-corrected chi connectivity index (χ4v) is 9.24. The van der Waals surface area contributed by atoms with Gasteiger partial charge < -0.3 is 25.2 Å². The molecule has 8 atom stereocenters. The molecule has 0 spiro atoms. The Morgan fingerprint density at radius 3 is 2.50 bits per heavy atom. The van der Waals surface area contributed by atoms with Crippen molar-refractivity contribution in [3.8, 4) is 0 Å². The molecule has 5 rings (SSSR count). The van der Waals surface area contributed by atoms with Gasteiger partial charge in [0.2, 0.25) is 11.0 Å². The molecule has 10 nitrogen and oxygen atoms in total. The number of alkyl halides is 3. The number of thioether (sulfide) groups is 1. The van der Waals surface area contributed by atoms with Crippen molar-refractivity contribution in [3.05, 3.63) is 53.4 Å². The second-order valence-corrected chi connectivity index (χ2v) is 15.6. The van der Waals surface area contributed by atoms with Gasteiger partial charge in [0.15, 0.2) is 17.1 Å². The van der Waals surface area contributed by atoms with Gasteiger partial charge in [0.05, 0.1) is 17.4 Å². The zero-order chi connectivity index (χ0) is 37.0. The topological polar surface area (TPSA) is 148 Å². The van der Waals surface area contributed by atoms with E-state index in [0.29, 0.717) is 0 Å². The zero-order valence-electron chi connectivity index (χ0n) is 28.2. The minimum Gasteiger partial charge on any atom is -0.446 e. The van der Waals surface area contributed by atoms with Crippen LogP contribution in [0.4, 0.5) is 28.0 Å². The summed E-state index contributed by atoms with van der Waals surface area (Å²) >= 11 is 0.240. The number of fused-ring (bicyclic) bond motifs is 5. The third kappa shape index (κ3) is 6.13. The van der Waals surface area contributed by atoms with E-state index in [1.807, 2.05) is 0 Å². The van der Waals surface area contributed by atoms with Crippen molar-refractivity contribution in [1.29, 1.82) is 0 Å². The highest BCUT2D eigenvalue weighted by Crippen LogP contribution is 2.71. The molecule has 50 heavy (non-hydrogen) atoms. The molecule has 0 bridgehead atoms. The van der Waals surface area contributed by atoms with Crippen molar-refractivity contribution in [1.82, 2.24) is 5.32 Å². The van der Waals surface area contributed by atoms with Gasteiger partial charge in [-0.05, 0) is 107 Å². The first-order chi connectivity index (χ1) is 23.2. The number of esters is 1. The molecule has 0 aromatic heterocycles. The van der Waals surface area contributed by atoms with Crippen LogP contribution >= 0.6 is 11.8 Å². The number of hydrogen-bond donors (Lipinski definition) is 3. The van der Waals surface area contributed by atoms with Crippen LogP contribution in [0.2, 0.25) is 0 Å². The molecule has 0 aliphatic heterocycles. The minimum absolute atomic E-state index is 0.0608. The average Bonchev–Trinajstić information content (AvgIpc) is 3.31. The maximum atomic E-state index is 17.5. The Morgan fingerprint density at radius 2 is 1.84 bits per heavy atom. The maximum absolute atomic E-state index is 17.5. The fourth-order valence-electron chi connectivity index (χ4n) is 8.53. The van der Waals surface area contributed by atoms with E-state index in [9.17, 15) is 37.9 Å². The van der Waals surface area contributed by atoms with E-state index in [2.05, 4.69) is 10.6 Å². The Hall–Kier alpha value is -3.72. The first-order valence-electron chi connectivity index (χ1n) is 16.2. The number of anilines is 1. The van der Waals surface area contributed by atoms with Crippen molar-refractivity contribution in [2.24, 2.45) is 22.7 Å². The van der Waals surface area contributed by atoms with Crippen LogP contribution in [0.5, 0.6) is 0 Å². The van der Waals surface area contributed by atoms with Crippen LogP contribution in [-0.4, -0.2) is 75.7 Å². The Bertz CT molecular complexity index is 1680. The largest absolute Gasteiger partial charge is 0.446 e. The second-order valence-electron chi connectivity index (χ2n) is 14.8. The number of aliphatic hydroxyl groups excluding tert-OH is 1.